The molecule has 1 aromatic heterocycles. The van der Waals surface area contributed by atoms with Crippen molar-refractivity contribution in [2.24, 2.45) is 0 Å². The molecule has 0 N–H and O–H groups in total. The maximum absolute atomic E-state index is 12.0. The van der Waals surface area contributed by atoms with E-state index in [1.54, 1.807) is 24.3 Å². The zero-order chi connectivity index (χ0) is 16.4. The molecule has 2 aromatic carbocycles. The van der Waals surface area contributed by atoms with Gasteiger partial charge in [-0.05, 0) is 30.3 Å². The number of hydrogen-bond acceptors (Lipinski definition) is 6. The summed E-state index contributed by atoms with van der Waals surface area (Å²) in [5, 5.41) is 0.760. The van der Waals surface area contributed by atoms with Crippen LogP contribution in [0.2, 0.25) is 0 Å². The largest absolute Gasteiger partial charge is 0.486 e. The second kappa shape index (κ2) is 6.33. The van der Waals surface area contributed by atoms with Crippen LogP contribution in [0.15, 0.2) is 48.5 Å². The molecular weight excluding hydrogens is 326 g/mol. The maximum atomic E-state index is 12.0. The third-order valence-corrected chi connectivity index (χ3v) is 4.41. The minimum Gasteiger partial charge on any atom is -0.486 e. The number of carbonyl (C=O) groups excluding carboxylic acids is 1. The number of para-hydroxylation sites is 1. The number of hydrogen-bond donors (Lipinski definition) is 0. The molecule has 4 rings (SSSR count). The highest BCUT2D eigenvalue weighted by atomic mass is 32.1. The molecule has 0 bridgehead atoms. The summed E-state index contributed by atoms with van der Waals surface area (Å²) in [4.78, 5) is 16.4. The average molecular weight is 339 g/mol. The molecule has 0 aliphatic carbocycles. The van der Waals surface area contributed by atoms with Gasteiger partial charge in [0.2, 0.25) is 0 Å². The molecule has 1 aliphatic rings. The van der Waals surface area contributed by atoms with E-state index in [9.17, 15) is 4.79 Å². The fraction of sp³-hybridized carbons (Fsp3) is 0.111. The van der Waals surface area contributed by atoms with Crippen molar-refractivity contribution < 1.29 is 19.0 Å². The third-order valence-electron chi connectivity index (χ3n) is 3.40. The van der Waals surface area contributed by atoms with Crippen LogP contribution in [0.1, 0.15) is 5.01 Å². The summed E-state index contributed by atoms with van der Waals surface area (Å²) in [6.07, 6.45) is 3.03. The van der Waals surface area contributed by atoms with Gasteiger partial charge in [0.15, 0.2) is 11.5 Å². The summed E-state index contributed by atoms with van der Waals surface area (Å²) >= 11 is 1.52. The van der Waals surface area contributed by atoms with Crippen LogP contribution in [0.25, 0.3) is 16.3 Å². The lowest BCUT2D eigenvalue weighted by Gasteiger charge is -2.18. The van der Waals surface area contributed by atoms with Gasteiger partial charge in [-0.1, -0.05) is 12.1 Å². The van der Waals surface area contributed by atoms with E-state index in [0.29, 0.717) is 30.5 Å². The van der Waals surface area contributed by atoms with Crippen LogP contribution in [0.4, 0.5) is 0 Å². The lowest BCUT2D eigenvalue weighted by molar-refractivity contribution is -0.128. The van der Waals surface area contributed by atoms with Crippen LogP contribution in [0.3, 0.4) is 0 Å². The highest BCUT2D eigenvalue weighted by Gasteiger charge is 2.13. The monoisotopic (exact) mass is 339 g/mol. The standard InChI is InChI=1S/C18H13NO4S/c20-18(8-7-17-19-13-3-1-2-4-16(13)24-17)23-12-5-6-14-15(11-12)22-10-9-21-14/h1-8,11H,9-10H2. The molecule has 3 aromatic rings. The first-order valence-corrected chi connectivity index (χ1v) is 8.25. The van der Waals surface area contributed by atoms with Crippen molar-refractivity contribution in [3.8, 4) is 17.2 Å². The fourth-order valence-corrected chi connectivity index (χ4v) is 3.21. The lowest BCUT2D eigenvalue weighted by Crippen LogP contribution is -2.15. The third kappa shape index (κ3) is 3.09. The van der Waals surface area contributed by atoms with Gasteiger partial charge in [-0.2, -0.15) is 0 Å². The van der Waals surface area contributed by atoms with Crippen LogP contribution in [0, 0.1) is 0 Å². The Morgan fingerprint density at radius 1 is 1.12 bits per heavy atom. The molecule has 1 aliphatic heterocycles. The van der Waals surface area contributed by atoms with Crippen molar-refractivity contribution in [2.75, 3.05) is 13.2 Å². The van der Waals surface area contributed by atoms with E-state index < -0.39 is 5.97 Å². The van der Waals surface area contributed by atoms with Gasteiger partial charge < -0.3 is 14.2 Å². The Labute approximate surface area is 142 Å². The molecule has 0 atom stereocenters. The Kier molecular flexibility index (Phi) is 3.88. The summed E-state index contributed by atoms with van der Waals surface area (Å²) in [5.74, 6) is 1.19. The molecule has 120 valence electrons. The van der Waals surface area contributed by atoms with Crippen LogP contribution in [-0.2, 0) is 4.79 Å². The lowest BCUT2D eigenvalue weighted by atomic mass is 10.3. The van der Waals surface area contributed by atoms with Crippen molar-refractivity contribution in [1.29, 1.82) is 0 Å². The van der Waals surface area contributed by atoms with E-state index in [0.717, 1.165) is 15.2 Å². The minimum atomic E-state index is -0.467. The first-order chi connectivity index (χ1) is 11.8. The number of benzene rings is 2. The average Bonchev–Trinajstić information content (AvgIpc) is 3.03. The molecule has 5 nitrogen and oxygen atoms in total. The van der Waals surface area contributed by atoms with Crippen LogP contribution >= 0.6 is 11.3 Å². The smallest absolute Gasteiger partial charge is 0.336 e. The molecular formula is C18H13NO4S. The van der Waals surface area contributed by atoms with Gasteiger partial charge in [0.1, 0.15) is 24.0 Å². The van der Waals surface area contributed by atoms with Crippen molar-refractivity contribution >= 4 is 33.6 Å². The molecule has 0 fully saturated rings. The van der Waals surface area contributed by atoms with Gasteiger partial charge in [-0.15, -0.1) is 11.3 Å². The predicted octanol–water partition coefficient (Wildman–Crippen LogP) is 3.69. The molecule has 0 saturated carbocycles. The summed E-state index contributed by atoms with van der Waals surface area (Å²) in [6.45, 7) is 1.01. The zero-order valence-electron chi connectivity index (χ0n) is 12.6. The number of nitrogens with zero attached hydrogens (tertiary/aromatic N) is 1. The number of ether oxygens (including phenoxy) is 3. The van der Waals surface area contributed by atoms with Crippen molar-refractivity contribution in [3.05, 3.63) is 53.5 Å². The molecule has 0 spiro atoms. The molecule has 6 heteroatoms. The molecule has 0 radical (unpaired) electrons. The second-order valence-electron chi connectivity index (χ2n) is 5.08. The van der Waals surface area contributed by atoms with Gasteiger partial charge in [0.25, 0.3) is 0 Å². The highest BCUT2D eigenvalue weighted by molar-refractivity contribution is 7.19. The van der Waals surface area contributed by atoms with Gasteiger partial charge in [0, 0.05) is 12.1 Å². The first-order valence-electron chi connectivity index (χ1n) is 7.43. The normalized spacial score (nSPS) is 13.3. The van der Waals surface area contributed by atoms with E-state index >= 15 is 0 Å². The minimum absolute atomic E-state index is 0.415. The maximum Gasteiger partial charge on any atom is 0.336 e. The number of rotatable bonds is 3. The Balaban J connectivity index is 1.46. The number of fused-ring (bicyclic) bond motifs is 2. The molecule has 24 heavy (non-hydrogen) atoms. The predicted molar refractivity (Wildman–Crippen MR) is 91.7 cm³/mol. The highest BCUT2D eigenvalue weighted by Crippen LogP contribution is 2.33. The van der Waals surface area contributed by atoms with Crippen LogP contribution < -0.4 is 14.2 Å². The summed E-state index contributed by atoms with van der Waals surface area (Å²) in [5.41, 5.74) is 0.919. The fourth-order valence-electron chi connectivity index (χ4n) is 2.34. The van der Waals surface area contributed by atoms with Gasteiger partial charge in [-0.3, -0.25) is 0 Å². The van der Waals surface area contributed by atoms with E-state index in [1.165, 1.54) is 17.4 Å². The van der Waals surface area contributed by atoms with Crippen molar-refractivity contribution in [2.45, 2.75) is 0 Å². The number of aromatic nitrogens is 1. The summed E-state index contributed by atoms with van der Waals surface area (Å²) in [7, 11) is 0. The van der Waals surface area contributed by atoms with Crippen LogP contribution in [0.5, 0.6) is 17.2 Å². The van der Waals surface area contributed by atoms with Crippen LogP contribution in [-0.4, -0.2) is 24.2 Å². The second-order valence-corrected chi connectivity index (χ2v) is 6.14. The quantitative estimate of drug-likeness (QED) is 0.414. The Hall–Kier alpha value is -2.86. The number of carbonyl (C=O) groups is 1. The van der Waals surface area contributed by atoms with Gasteiger partial charge >= 0.3 is 5.97 Å². The molecule has 2 heterocycles. The topological polar surface area (TPSA) is 57.7 Å². The zero-order valence-corrected chi connectivity index (χ0v) is 13.4. The van der Waals surface area contributed by atoms with E-state index in [4.69, 9.17) is 14.2 Å². The van der Waals surface area contributed by atoms with Gasteiger partial charge in [-0.25, -0.2) is 9.78 Å². The molecule has 0 unspecified atom stereocenters. The first kappa shape index (κ1) is 14.7. The Morgan fingerprint density at radius 2 is 1.96 bits per heavy atom. The van der Waals surface area contributed by atoms with Gasteiger partial charge in [0.05, 0.1) is 10.2 Å². The Bertz CT molecular complexity index is 899. The van der Waals surface area contributed by atoms with Crippen molar-refractivity contribution in [1.82, 2.24) is 4.98 Å². The summed E-state index contributed by atoms with van der Waals surface area (Å²) in [6, 6.07) is 12.9. The SMILES string of the molecule is O=C(C=Cc1nc2ccccc2s1)Oc1ccc2c(c1)OCCO2. The van der Waals surface area contributed by atoms with E-state index in [1.807, 2.05) is 24.3 Å². The number of thiazole rings is 1. The molecule has 0 amide bonds. The Morgan fingerprint density at radius 3 is 2.83 bits per heavy atom. The van der Waals surface area contributed by atoms with Crippen molar-refractivity contribution in [3.63, 3.8) is 0 Å². The van der Waals surface area contributed by atoms with E-state index in [2.05, 4.69) is 4.98 Å². The van der Waals surface area contributed by atoms with E-state index in [-0.39, 0.29) is 0 Å². The molecule has 0 saturated heterocycles. The number of esters is 1. The summed E-state index contributed by atoms with van der Waals surface area (Å²) < 4.78 is 17.3.